The van der Waals surface area contributed by atoms with E-state index in [9.17, 15) is 9.59 Å². The average molecular weight is 354 g/mol. The first-order valence-corrected chi connectivity index (χ1v) is 8.37. The number of hydrogen-bond donors (Lipinski definition) is 2. The van der Waals surface area contributed by atoms with Crippen LogP contribution in [0.3, 0.4) is 0 Å². The molecule has 3 aromatic rings. The lowest BCUT2D eigenvalue weighted by Gasteiger charge is -2.26. The van der Waals surface area contributed by atoms with Crippen molar-refractivity contribution >= 4 is 17.0 Å². The molecule has 4 heterocycles. The molecule has 1 saturated heterocycles. The molecule has 0 radical (unpaired) electrons. The van der Waals surface area contributed by atoms with Crippen LogP contribution in [0.4, 0.5) is 5.95 Å². The zero-order valence-corrected chi connectivity index (χ0v) is 14.2. The van der Waals surface area contributed by atoms with Crippen LogP contribution in [0.25, 0.3) is 22.2 Å². The predicted molar refractivity (Wildman–Crippen MR) is 95.9 cm³/mol. The van der Waals surface area contributed by atoms with E-state index in [4.69, 9.17) is 10.5 Å². The average Bonchev–Trinajstić information content (AvgIpc) is 2.63. The highest BCUT2D eigenvalue weighted by Crippen LogP contribution is 2.27. The van der Waals surface area contributed by atoms with Crippen LogP contribution in [-0.2, 0) is 4.74 Å². The Labute approximate surface area is 147 Å². The summed E-state index contributed by atoms with van der Waals surface area (Å²) in [5, 5.41) is 0.742. The summed E-state index contributed by atoms with van der Waals surface area (Å²) in [7, 11) is 0. The van der Waals surface area contributed by atoms with Gasteiger partial charge >= 0.3 is 5.69 Å². The Morgan fingerprint density at radius 2 is 2.04 bits per heavy atom. The number of anilines is 1. The van der Waals surface area contributed by atoms with Crippen molar-refractivity contribution in [3.05, 3.63) is 45.0 Å². The minimum Gasteiger partial charge on any atom is -0.381 e. The molecular formula is C17H18N6O3. The van der Waals surface area contributed by atoms with Gasteiger partial charge in [0.15, 0.2) is 0 Å². The normalized spacial score (nSPS) is 15.4. The van der Waals surface area contributed by atoms with E-state index in [2.05, 4.69) is 19.9 Å². The van der Waals surface area contributed by atoms with Gasteiger partial charge in [-0.15, -0.1) is 0 Å². The van der Waals surface area contributed by atoms with Crippen molar-refractivity contribution in [1.82, 2.24) is 24.5 Å². The molecule has 0 unspecified atom stereocenters. The van der Waals surface area contributed by atoms with Crippen molar-refractivity contribution in [1.29, 1.82) is 0 Å². The van der Waals surface area contributed by atoms with Crippen LogP contribution in [-0.4, -0.2) is 37.7 Å². The van der Waals surface area contributed by atoms with Gasteiger partial charge in [0.2, 0.25) is 5.95 Å². The number of aromatic amines is 1. The largest absolute Gasteiger partial charge is 0.381 e. The summed E-state index contributed by atoms with van der Waals surface area (Å²) in [5.74, 6) is 0.133. The number of aromatic nitrogens is 5. The third kappa shape index (κ3) is 2.76. The molecule has 0 aliphatic carbocycles. The fourth-order valence-corrected chi connectivity index (χ4v) is 3.35. The van der Waals surface area contributed by atoms with E-state index in [1.807, 2.05) is 6.92 Å². The van der Waals surface area contributed by atoms with E-state index in [0.717, 1.165) is 5.39 Å². The highest BCUT2D eigenvalue weighted by atomic mass is 16.5. The number of aryl methyl sites for hydroxylation is 1. The van der Waals surface area contributed by atoms with Crippen LogP contribution >= 0.6 is 0 Å². The molecule has 1 aliphatic heterocycles. The van der Waals surface area contributed by atoms with Crippen molar-refractivity contribution in [2.75, 3.05) is 18.9 Å². The van der Waals surface area contributed by atoms with Gasteiger partial charge in [-0.1, -0.05) is 0 Å². The van der Waals surface area contributed by atoms with Gasteiger partial charge in [0.05, 0.1) is 11.3 Å². The lowest BCUT2D eigenvalue weighted by atomic mass is 10.0. The van der Waals surface area contributed by atoms with Crippen molar-refractivity contribution in [2.45, 2.75) is 25.8 Å². The number of nitrogens with one attached hydrogen (secondary N) is 1. The van der Waals surface area contributed by atoms with E-state index in [1.54, 1.807) is 10.6 Å². The minimum atomic E-state index is -0.466. The Morgan fingerprint density at radius 3 is 2.73 bits per heavy atom. The van der Waals surface area contributed by atoms with Gasteiger partial charge in [0.1, 0.15) is 5.65 Å². The SMILES string of the molecule is Cc1nc(N)nc2c1cc(-c1cnc(=O)[nH]c1)c(=O)n2C1CCOCC1. The number of rotatable bonds is 2. The second-order valence-electron chi connectivity index (χ2n) is 6.29. The van der Waals surface area contributed by atoms with Crippen LogP contribution in [0.5, 0.6) is 0 Å². The fourth-order valence-electron chi connectivity index (χ4n) is 3.35. The Bertz CT molecular complexity index is 1080. The Hall–Kier alpha value is -3.07. The van der Waals surface area contributed by atoms with E-state index in [1.165, 1.54) is 12.4 Å². The number of hydrogen-bond acceptors (Lipinski definition) is 7. The summed E-state index contributed by atoms with van der Waals surface area (Å²) in [6.07, 6.45) is 4.31. The van der Waals surface area contributed by atoms with Crippen molar-refractivity contribution < 1.29 is 4.74 Å². The van der Waals surface area contributed by atoms with Crippen molar-refractivity contribution in [3.8, 4) is 11.1 Å². The Morgan fingerprint density at radius 1 is 1.27 bits per heavy atom. The number of ether oxygens (including phenoxy) is 1. The van der Waals surface area contributed by atoms with Gasteiger partial charge in [-0.05, 0) is 25.8 Å². The van der Waals surface area contributed by atoms with Crippen LogP contribution in [0, 0.1) is 6.92 Å². The summed E-state index contributed by atoms with van der Waals surface area (Å²) in [4.78, 5) is 39.3. The number of pyridine rings is 1. The molecule has 0 atom stereocenters. The second-order valence-corrected chi connectivity index (χ2v) is 6.29. The standard InChI is InChI=1S/C17H18N6O3/c1-9-12-6-13(10-7-19-17(25)20-8-10)15(24)23(11-2-4-26-5-3-11)14(12)22-16(18)21-9/h6-8,11H,2-5H2,1H3,(H2,18,21,22)(H,19,20,25). The topological polar surface area (TPSA) is 129 Å². The molecule has 9 nitrogen and oxygen atoms in total. The molecule has 4 rings (SSSR count). The molecule has 1 fully saturated rings. The van der Waals surface area contributed by atoms with Gasteiger partial charge in [-0.3, -0.25) is 9.36 Å². The molecule has 0 saturated carbocycles. The first kappa shape index (κ1) is 16.4. The van der Waals surface area contributed by atoms with E-state index >= 15 is 0 Å². The number of nitrogens with zero attached hydrogens (tertiary/aromatic N) is 4. The Kier molecular flexibility index (Phi) is 4.00. The van der Waals surface area contributed by atoms with Gasteiger partial charge in [0, 0.05) is 42.6 Å². The molecule has 26 heavy (non-hydrogen) atoms. The summed E-state index contributed by atoms with van der Waals surface area (Å²) in [5.41, 5.74) is 7.34. The molecule has 134 valence electrons. The lowest BCUT2D eigenvalue weighted by molar-refractivity contribution is 0.0697. The summed E-state index contributed by atoms with van der Waals surface area (Å²) < 4.78 is 7.11. The van der Waals surface area contributed by atoms with Crippen molar-refractivity contribution in [2.24, 2.45) is 0 Å². The van der Waals surface area contributed by atoms with Crippen LogP contribution in [0.15, 0.2) is 28.0 Å². The highest BCUT2D eigenvalue weighted by Gasteiger charge is 2.23. The van der Waals surface area contributed by atoms with Gasteiger partial charge in [-0.2, -0.15) is 4.98 Å². The molecule has 9 heteroatoms. The molecule has 0 bridgehead atoms. The maximum atomic E-state index is 13.3. The third-order valence-electron chi connectivity index (χ3n) is 4.64. The van der Waals surface area contributed by atoms with E-state index in [0.29, 0.717) is 48.5 Å². The summed E-state index contributed by atoms with van der Waals surface area (Å²) in [6.45, 7) is 3.00. The number of fused-ring (bicyclic) bond motifs is 1. The molecule has 0 spiro atoms. The van der Waals surface area contributed by atoms with Crippen molar-refractivity contribution in [3.63, 3.8) is 0 Å². The summed E-state index contributed by atoms with van der Waals surface area (Å²) in [6, 6.07) is 1.69. The maximum Gasteiger partial charge on any atom is 0.344 e. The molecular weight excluding hydrogens is 336 g/mol. The molecule has 3 N–H and O–H groups in total. The van der Waals surface area contributed by atoms with Gasteiger partial charge in [0.25, 0.3) is 5.56 Å². The highest BCUT2D eigenvalue weighted by molar-refractivity contribution is 5.83. The van der Waals surface area contributed by atoms with Crippen LogP contribution in [0.2, 0.25) is 0 Å². The second kappa shape index (κ2) is 6.34. The third-order valence-corrected chi connectivity index (χ3v) is 4.64. The van der Waals surface area contributed by atoms with Crippen LogP contribution in [0.1, 0.15) is 24.6 Å². The zero-order valence-electron chi connectivity index (χ0n) is 14.2. The van der Waals surface area contributed by atoms with Crippen LogP contribution < -0.4 is 17.0 Å². The number of nitrogens with two attached hydrogens (primary N) is 1. The first-order valence-electron chi connectivity index (χ1n) is 8.37. The van der Waals surface area contributed by atoms with Gasteiger partial charge < -0.3 is 15.5 Å². The monoisotopic (exact) mass is 354 g/mol. The summed E-state index contributed by atoms with van der Waals surface area (Å²) >= 11 is 0. The zero-order chi connectivity index (χ0) is 18.3. The fraction of sp³-hybridized carbons (Fsp3) is 0.353. The molecule has 3 aromatic heterocycles. The first-order chi connectivity index (χ1) is 12.5. The quantitative estimate of drug-likeness (QED) is 0.696. The predicted octanol–water partition coefficient (Wildman–Crippen LogP) is 0.784. The number of nitrogen functional groups attached to an aromatic ring is 1. The maximum absolute atomic E-state index is 13.3. The Balaban J connectivity index is 2.05. The van der Waals surface area contributed by atoms with E-state index in [-0.39, 0.29) is 17.5 Å². The van der Waals surface area contributed by atoms with E-state index < -0.39 is 5.69 Å². The smallest absolute Gasteiger partial charge is 0.344 e. The van der Waals surface area contributed by atoms with Gasteiger partial charge in [-0.25, -0.2) is 14.8 Å². The minimum absolute atomic E-state index is 0.0388. The number of H-pyrrole nitrogens is 1. The molecule has 0 amide bonds. The molecule has 0 aromatic carbocycles. The lowest BCUT2D eigenvalue weighted by Crippen LogP contribution is -2.31. The molecule has 1 aliphatic rings.